The van der Waals surface area contributed by atoms with E-state index in [1.54, 1.807) is 6.20 Å². The van der Waals surface area contributed by atoms with Crippen molar-refractivity contribution in [3.63, 3.8) is 0 Å². The van der Waals surface area contributed by atoms with Gasteiger partial charge in [-0.15, -0.1) is 11.3 Å². The molecule has 0 fully saturated rings. The molecule has 5 heteroatoms. The zero-order valence-electron chi connectivity index (χ0n) is 8.63. The number of nitrogens with zero attached hydrogens (tertiary/aromatic N) is 1. The Labute approximate surface area is 101 Å². The third kappa shape index (κ3) is 2.55. The highest BCUT2D eigenvalue weighted by atomic mass is 32.2. The largest absolute Gasteiger partial charge is 0.325 e. The molecule has 1 atom stereocenters. The summed E-state index contributed by atoms with van der Waals surface area (Å²) in [7, 11) is -0.992. The maximum atomic E-state index is 12.0. The minimum Gasteiger partial charge on any atom is -0.325 e. The van der Waals surface area contributed by atoms with Gasteiger partial charge in [-0.05, 0) is 23.1 Å². The van der Waals surface area contributed by atoms with E-state index >= 15 is 0 Å². The number of thiophene rings is 1. The molecule has 0 spiro atoms. The Bertz CT molecular complexity index is 482. The lowest BCUT2D eigenvalue weighted by atomic mass is 10.2. The highest BCUT2D eigenvalue weighted by molar-refractivity contribution is 7.86. The first-order valence-corrected chi connectivity index (χ1v) is 7.06. The van der Waals surface area contributed by atoms with Gasteiger partial charge in [0.15, 0.2) is 0 Å². The molecule has 0 bridgehead atoms. The molecule has 0 aliphatic rings. The standard InChI is InChI=1S/C11H12N2OS2/c12-7-10-9(3-1-5-13-10)8-16(14)11-4-2-6-15-11/h1-6H,7-8,12H2. The molecule has 0 amide bonds. The van der Waals surface area contributed by atoms with E-state index in [0.717, 1.165) is 15.5 Å². The first kappa shape index (κ1) is 11.4. The van der Waals surface area contributed by atoms with Crippen LogP contribution in [0.25, 0.3) is 0 Å². The zero-order valence-corrected chi connectivity index (χ0v) is 10.3. The molecule has 0 aliphatic heterocycles. The van der Waals surface area contributed by atoms with Gasteiger partial charge in [-0.2, -0.15) is 0 Å². The molecule has 0 saturated heterocycles. The average Bonchev–Trinajstić information content (AvgIpc) is 2.83. The second-order valence-corrected chi connectivity index (χ2v) is 5.86. The molecular weight excluding hydrogens is 240 g/mol. The molecule has 84 valence electrons. The Kier molecular flexibility index (Phi) is 3.82. The van der Waals surface area contributed by atoms with Crippen LogP contribution in [0.5, 0.6) is 0 Å². The number of aromatic nitrogens is 1. The molecule has 2 aromatic rings. The normalized spacial score (nSPS) is 12.6. The van der Waals surface area contributed by atoms with Crippen LogP contribution in [0.1, 0.15) is 11.3 Å². The minimum absolute atomic E-state index is 0.387. The number of hydrogen-bond donors (Lipinski definition) is 1. The summed E-state index contributed by atoms with van der Waals surface area (Å²) in [4.78, 5) is 4.18. The van der Waals surface area contributed by atoms with Crippen molar-refractivity contribution in [1.82, 2.24) is 4.98 Å². The van der Waals surface area contributed by atoms with Gasteiger partial charge in [0.2, 0.25) is 0 Å². The van der Waals surface area contributed by atoms with Crippen molar-refractivity contribution < 1.29 is 4.21 Å². The van der Waals surface area contributed by atoms with Crippen molar-refractivity contribution >= 4 is 22.1 Å². The minimum atomic E-state index is -0.992. The summed E-state index contributed by atoms with van der Waals surface area (Å²) in [6.45, 7) is 0.387. The summed E-state index contributed by atoms with van der Waals surface area (Å²) in [5.74, 6) is 0.487. The first-order chi connectivity index (χ1) is 7.81. The van der Waals surface area contributed by atoms with E-state index in [-0.39, 0.29) is 0 Å². The van der Waals surface area contributed by atoms with Crippen molar-refractivity contribution in [2.24, 2.45) is 5.73 Å². The van der Waals surface area contributed by atoms with E-state index in [9.17, 15) is 4.21 Å². The monoisotopic (exact) mass is 252 g/mol. The Hall–Kier alpha value is -1.04. The lowest BCUT2D eigenvalue weighted by molar-refractivity contribution is 0.683. The SMILES string of the molecule is NCc1ncccc1CS(=O)c1cccs1. The Morgan fingerprint density at radius 1 is 1.38 bits per heavy atom. The van der Waals surface area contributed by atoms with E-state index in [1.165, 1.54) is 11.3 Å². The summed E-state index contributed by atoms with van der Waals surface area (Å²) in [6.07, 6.45) is 1.71. The van der Waals surface area contributed by atoms with Crippen molar-refractivity contribution in [3.8, 4) is 0 Å². The molecule has 16 heavy (non-hydrogen) atoms. The van der Waals surface area contributed by atoms with Crippen LogP contribution in [-0.4, -0.2) is 9.19 Å². The fourth-order valence-electron chi connectivity index (χ4n) is 1.39. The van der Waals surface area contributed by atoms with Crippen LogP contribution < -0.4 is 5.73 Å². The fourth-order valence-corrected chi connectivity index (χ4v) is 3.53. The first-order valence-electron chi connectivity index (χ1n) is 4.86. The van der Waals surface area contributed by atoms with Gasteiger partial charge in [0.25, 0.3) is 0 Å². The lowest BCUT2D eigenvalue weighted by Gasteiger charge is -2.05. The third-order valence-electron chi connectivity index (χ3n) is 2.18. The molecule has 2 heterocycles. The van der Waals surface area contributed by atoms with Crippen LogP contribution in [0.15, 0.2) is 40.1 Å². The number of rotatable bonds is 4. The maximum Gasteiger partial charge on any atom is 0.0913 e. The molecule has 0 aromatic carbocycles. The van der Waals surface area contributed by atoms with Crippen molar-refractivity contribution in [2.75, 3.05) is 0 Å². The number of hydrogen-bond acceptors (Lipinski definition) is 4. The lowest BCUT2D eigenvalue weighted by Crippen LogP contribution is -2.06. The molecule has 2 N–H and O–H groups in total. The summed E-state index contributed by atoms with van der Waals surface area (Å²) in [6, 6.07) is 7.57. The molecule has 0 radical (unpaired) electrons. The van der Waals surface area contributed by atoms with Gasteiger partial charge in [-0.25, -0.2) is 0 Å². The van der Waals surface area contributed by atoms with E-state index in [0.29, 0.717) is 12.3 Å². The van der Waals surface area contributed by atoms with Gasteiger partial charge < -0.3 is 5.73 Å². The molecule has 2 rings (SSSR count). The highest BCUT2D eigenvalue weighted by Crippen LogP contribution is 2.18. The highest BCUT2D eigenvalue weighted by Gasteiger charge is 2.09. The van der Waals surface area contributed by atoms with Gasteiger partial charge in [0.1, 0.15) is 0 Å². The quantitative estimate of drug-likeness (QED) is 0.904. The third-order valence-corrected chi connectivity index (χ3v) is 4.85. The van der Waals surface area contributed by atoms with Crippen LogP contribution in [0.3, 0.4) is 0 Å². The summed E-state index contributed by atoms with van der Waals surface area (Å²) in [5, 5.41) is 1.93. The fraction of sp³-hybridized carbons (Fsp3) is 0.182. The summed E-state index contributed by atoms with van der Waals surface area (Å²) in [5.41, 5.74) is 7.38. The summed E-state index contributed by atoms with van der Waals surface area (Å²) >= 11 is 1.51. The van der Waals surface area contributed by atoms with E-state index < -0.39 is 10.8 Å². The molecular formula is C11H12N2OS2. The van der Waals surface area contributed by atoms with Crippen molar-refractivity contribution in [1.29, 1.82) is 0 Å². The average molecular weight is 252 g/mol. The van der Waals surface area contributed by atoms with Crippen LogP contribution in [0.4, 0.5) is 0 Å². The van der Waals surface area contributed by atoms with E-state index in [2.05, 4.69) is 4.98 Å². The van der Waals surface area contributed by atoms with E-state index in [4.69, 9.17) is 5.73 Å². The molecule has 2 aromatic heterocycles. The van der Waals surface area contributed by atoms with Gasteiger partial charge in [0.05, 0.1) is 26.5 Å². The summed E-state index contributed by atoms with van der Waals surface area (Å²) < 4.78 is 12.9. The van der Waals surface area contributed by atoms with Gasteiger partial charge in [-0.3, -0.25) is 9.19 Å². The Morgan fingerprint density at radius 3 is 2.94 bits per heavy atom. The number of nitrogens with two attached hydrogens (primary N) is 1. The number of pyridine rings is 1. The maximum absolute atomic E-state index is 12.0. The van der Waals surface area contributed by atoms with Crippen molar-refractivity contribution in [3.05, 3.63) is 47.1 Å². The predicted octanol–water partition coefficient (Wildman–Crippen LogP) is 1.91. The van der Waals surface area contributed by atoms with Crippen LogP contribution >= 0.6 is 11.3 Å². The van der Waals surface area contributed by atoms with E-state index in [1.807, 2.05) is 29.6 Å². The molecule has 1 unspecified atom stereocenters. The smallest absolute Gasteiger partial charge is 0.0913 e. The van der Waals surface area contributed by atoms with Gasteiger partial charge >= 0.3 is 0 Å². The Balaban J connectivity index is 2.18. The zero-order chi connectivity index (χ0) is 11.4. The molecule has 0 saturated carbocycles. The van der Waals surface area contributed by atoms with Crippen LogP contribution in [0.2, 0.25) is 0 Å². The van der Waals surface area contributed by atoms with Crippen LogP contribution in [-0.2, 0) is 23.1 Å². The van der Waals surface area contributed by atoms with Gasteiger partial charge in [0, 0.05) is 12.7 Å². The molecule has 3 nitrogen and oxygen atoms in total. The second kappa shape index (κ2) is 5.34. The topological polar surface area (TPSA) is 56.0 Å². The van der Waals surface area contributed by atoms with Crippen LogP contribution in [0, 0.1) is 0 Å². The molecule has 0 aliphatic carbocycles. The predicted molar refractivity (Wildman–Crippen MR) is 66.6 cm³/mol. The second-order valence-electron chi connectivity index (χ2n) is 3.24. The Morgan fingerprint density at radius 2 is 2.25 bits per heavy atom. The van der Waals surface area contributed by atoms with Gasteiger partial charge in [-0.1, -0.05) is 12.1 Å². The van der Waals surface area contributed by atoms with Crippen molar-refractivity contribution in [2.45, 2.75) is 16.5 Å².